The second kappa shape index (κ2) is 5.81. The van der Waals surface area contributed by atoms with Gasteiger partial charge in [0.25, 0.3) is 0 Å². The quantitative estimate of drug-likeness (QED) is 0.685. The van der Waals surface area contributed by atoms with Crippen LogP contribution in [-0.4, -0.2) is 10.9 Å². The lowest BCUT2D eigenvalue weighted by molar-refractivity contribution is 0.104. The van der Waals surface area contributed by atoms with Crippen molar-refractivity contribution in [2.45, 2.75) is 0 Å². The molecule has 0 aliphatic rings. The average molecular weight is 267 g/mol. The van der Waals surface area contributed by atoms with E-state index in [0.29, 0.717) is 5.56 Å². The van der Waals surface area contributed by atoms with Crippen molar-refractivity contribution >= 4 is 11.9 Å². The fraction of sp³-hybridized carbons (Fsp3) is 0. The van der Waals surface area contributed by atoms with E-state index in [4.69, 9.17) is 10.4 Å². The van der Waals surface area contributed by atoms with Crippen LogP contribution < -0.4 is 0 Å². The molecule has 0 unspecified atom stereocenters. The Bertz CT molecular complexity index is 712. The highest BCUT2D eigenvalue weighted by Gasteiger charge is 2.06. The molecule has 0 amide bonds. The molecule has 0 spiro atoms. The molecule has 0 aliphatic heterocycles. The van der Waals surface area contributed by atoms with E-state index in [9.17, 15) is 9.18 Å². The van der Waals surface area contributed by atoms with Gasteiger partial charge in [0.2, 0.25) is 0 Å². The van der Waals surface area contributed by atoms with Crippen molar-refractivity contribution in [1.82, 2.24) is 0 Å². The van der Waals surface area contributed by atoms with Gasteiger partial charge in [-0.2, -0.15) is 5.26 Å². The molecule has 4 heteroatoms. The Kier molecular flexibility index (Phi) is 3.92. The lowest BCUT2D eigenvalue weighted by Gasteiger charge is -1.98. The first-order valence-electron chi connectivity index (χ1n) is 5.81. The molecule has 0 radical (unpaired) electrons. The maximum atomic E-state index is 13.1. The average Bonchev–Trinajstić information content (AvgIpc) is 2.48. The zero-order chi connectivity index (χ0) is 14.5. The summed E-state index contributed by atoms with van der Waals surface area (Å²) in [4.78, 5) is 11.8. The number of phenolic OH excluding ortho intramolecular Hbond substituents is 1. The van der Waals surface area contributed by atoms with Gasteiger partial charge in [0, 0.05) is 5.56 Å². The molecule has 0 fully saturated rings. The summed E-state index contributed by atoms with van der Waals surface area (Å²) in [6.45, 7) is 0. The Hall–Kier alpha value is -2.93. The van der Waals surface area contributed by atoms with E-state index in [2.05, 4.69) is 0 Å². The van der Waals surface area contributed by atoms with Gasteiger partial charge in [0.15, 0.2) is 17.3 Å². The van der Waals surface area contributed by atoms with E-state index < -0.39 is 11.6 Å². The standard InChI is InChI=1S/C16H10FNO2/c17-14-9-13(6-8-16(14)20)15(19)7-5-11-1-3-12(10-18)4-2-11/h1-9,20H/b7-5+. The summed E-state index contributed by atoms with van der Waals surface area (Å²) in [5, 5.41) is 17.7. The van der Waals surface area contributed by atoms with Gasteiger partial charge in [-0.05, 0) is 42.0 Å². The Morgan fingerprint density at radius 1 is 1.20 bits per heavy atom. The number of hydrogen-bond donors (Lipinski definition) is 1. The van der Waals surface area contributed by atoms with Crippen LogP contribution in [0, 0.1) is 17.1 Å². The number of allylic oxidation sites excluding steroid dienone is 1. The molecule has 20 heavy (non-hydrogen) atoms. The molecule has 0 saturated carbocycles. The van der Waals surface area contributed by atoms with Crippen molar-refractivity contribution in [3.05, 3.63) is 71.0 Å². The van der Waals surface area contributed by atoms with Crippen molar-refractivity contribution in [3.63, 3.8) is 0 Å². The van der Waals surface area contributed by atoms with Gasteiger partial charge in [-0.1, -0.05) is 18.2 Å². The van der Waals surface area contributed by atoms with Crippen LogP contribution in [0.3, 0.4) is 0 Å². The van der Waals surface area contributed by atoms with E-state index in [1.165, 1.54) is 12.1 Å². The van der Waals surface area contributed by atoms with Crippen LogP contribution in [0.1, 0.15) is 21.5 Å². The lowest BCUT2D eigenvalue weighted by Crippen LogP contribution is -1.94. The molecular weight excluding hydrogens is 257 g/mol. The van der Waals surface area contributed by atoms with Gasteiger partial charge < -0.3 is 5.11 Å². The first kappa shape index (κ1) is 13.5. The fourth-order valence-electron chi connectivity index (χ4n) is 1.60. The molecule has 0 atom stereocenters. The number of aromatic hydroxyl groups is 1. The molecule has 2 rings (SSSR count). The Balaban J connectivity index is 2.15. The monoisotopic (exact) mass is 267 g/mol. The van der Waals surface area contributed by atoms with Crippen molar-refractivity contribution < 1.29 is 14.3 Å². The number of ketones is 1. The Labute approximate surface area is 115 Å². The summed E-state index contributed by atoms with van der Waals surface area (Å²) in [6, 6.07) is 12.2. The molecule has 0 bridgehead atoms. The van der Waals surface area contributed by atoms with Crippen LogP contribution in [0.2, 0.25) is 0 Å². The SMILES string of the molecule is N#Cc1ccc(/C=C/C(=O)c2ccc(O)c(F)c2)cc1. The number of nitriles is 1. The number of nitrogens with zero attached hydrogens (tertiary/aromatic N) is 1. The van der Waals surface area contributed by atoms with Gasteiger partial charge >= 0.3 is 0 Å². The third kappa shape index (κ3) is 3.09. The van der Waals surface area contributed by atoms with Crippen LogP contribution in [0.25, 0.3) is 6.08 Å². The number of carbonyl (C=O) groups excluding carboxylic acids is 1. The second-order valence-electron chi connectivity index (χ2n) is 4.10. The summed E-state index contributed by atoms with van der Waals surface area (Å²) < 4.78 is 13.1. The summed E-state index contributed by atoms with van der Waals surface area (Å²) in [5.41, 5.74) is 1.45. The van der Waals surface area contributed by atoms with Crippen LogP contribution >= 0.6 is 0 Å². The summed E-state index contributed by atoms with van der Waals surface area (Å²) in [6.07, 6.45) is 2.89. The van der Waals surface area contributed by atoms with Crippen LogP contribution in [0.4, 0.5) is 4.39 Å². The molecule has 98 valence electrons. The number of phenols is 1. The summed E-state index contributed by atoms with van der Waals surface area (Å²) in [5.74, 6) is -1.69. The highest BCUT2D eigenvalue weighted by molar-refractivity contribution is 6.06. The molecular formula is C16H10FNO2. The first-order chi connectivity index (χ1) is 9.60. The zero-order valence-electron chi connectivity index (χ0n) is 10.4. The normalized spacial score (nSPS) is 10.4. The minimum Gasteiger partial charge on any atom is -0.505 e. The van der Waals surface area contributed by atoms with Gasteiger partial charge in [0.1, 0.15) is 0 Å². The Morgan fingerprint density at radius 3 is 2.50 bits per heavy atom. The van der Waals surface area contributed by atoms with E-state index in [-0.39, 0.29) is 11.3 Å². The highest BCUT2D eigenvalue weighted by Crippen LogP contribution is 2.17. The smallest absolute Gasteiger partial charge is 0.185 e. The molecule has 3 nitrogen and oxygen atoms in total. The maximum absolute atomic E-state index is 13.1. The molecule has 1 N–H and O–H groups in total. The predicted octanol–water partition coefficient (Wildman–Crippen LogP) is 3.30. The first-order valence-corrected chi connectivity index (χ1v) is 5.81. The maximum Gasteiger partial charge on any atom is 0.185 e. The van der Waals surface area contributed by atoms with E-state index in [1.807, 2.05) is 6.07 Å². The minimum absolute atomic E-state index is 0.158. The van der Waals surface area contributed by atoms with Crippen molar-refractivity contribution in [3.8, 4) is 11.8 Å². The number of halogens is 1. The van der Waals surface area contributed by atoms with Crippen LogP contribution in [0.15, 0.2) is 48.5 Å². The third-order valence-corrected chi connectivity index (χ3v) is 2.70. The molecule has 0 aromatic heterocycles. The van der Waals surface area contributed by atoms with Gasteiger partial charge in [-0.25, -0.2) is 4.39 Å². The fourth-order valence-corrected chi connectivity index (χ4v) is 1.60. The van der Waals surface area contributed by atoms with Gasteiger partial charge in [-0.15, -0.1) is 0 Å². The van der Waals surface area contributed by atoms with Crippen molar-refractivity contribution in [2.75, 3.05) is 0 Å². The minimum atomic E-state index is -0.831. The zero-order valence-corrected chi connectivity index (χ0v) is 10.4. The second-order valence-corrected chi connectivity index (χ2v) is 4.10. The highest BCUT2D eigenvalue weighted by atomic mass is 19.1. The number of carbonyl (C=O) groups is 1. The lowest BCUT2D eigenvalue weighted by atomic mass is 10.1. The van der Waals surface area contributed by atoms with E-state index in [1.54, 1.807) is 30.3 Å². The number of hydrogen-bond acceptors (Lipinski definition) is 3. The van der Waals surface area contributed by atoms with E-state index in [0.717, 1.165) is 17.7 Å². The molecule has 0 saturated heterocycles. The number of rotatable bonds is 3. The molecule has 0 heterocycles. The van der Waals surface area contributed by atoms with E-state index >= 15 is 0 Å². The van der Waals surface area contributed by atoms with Gasteiger partial charge in [0.05, 0.1) is 11.6 Å². The largest absolute Gasteiger partial charge is 0.505 e. The van der Waals surface area contributed by atoms with Gasteiger partial charge in [-0.3, -0.25) is 4.79 Å². The molecule has 0 aliphatic carbocycles. The number of benzene rings is 2. The predicted molar refractivity (Wildman–Crippen MR) is 72.6 cm³/mol. The Morgan fingerprint density at radius 2 is 1.90 bits per heavy atom. The van der Waals surface area contributed by atoms with Crippen molar-refractivity contribution in [2.24, 2.45) is 0 Å². The van der Waals surface area contributed by atoms with Crippen molar-refractivity contribution in [1.29, 1.82) is 5.26 Å². The summed E-state index contributed by atoms with van der Waals surface area (Å²) in [7, 11) is 0. The summed E-state index contributed by atoms with van der Waals surface area (Å²) >= 11 is 0. The molecule has 2 aromatic rings. The molecule has 2 aromatic carbocycles. The third-order valence-electron chi connectivity index (χ3n) is 2.70. The van der Waals surface area contributed by atoms with Crippen LogP contribution in [0.5, 0.6) is 5.75 Å². The topological polar surface area (TPSA) is 61.1 Å². The van der Waals surface area contributed by atoms with Crippen LogP contribution in [-0.2, 0) is 0 Å².